The number of nitrogens with zero attached hydrogens (tertiary/aromatic N) is 3. The van der Waals surface area contributed by atoms with E-state index in [0.717, 1.165) is 21.2 Å². The zero-order valence-corrected chi connectivity index (χ0v) is 19.1. The second-order valence-electron chi connectivity index (χ2n) is 8.06. The van der Waals surface area contributed by atoms with Gasteiger partial charge >= 0.3 is 0 Å². The molecular formula is C21H26N4O3S2. The van der Waals surface area contributed by atoms with Gasteiger partial charge < -0.3 is 5.32 Å². The highest BCUT2D eigenvalue weighted by Crippen LogP contribution is 2.23. The summed E-state index contributed by atoms with van der Waals surface area (Å²) in [5.74, 6) is 0.0873. The maximum Gasteiger partial charge on any atom is 0.252 e. The Kier molecular flexibility index (Phi) is 6.44. The fraction of sp³-hybridized carbons (Fsp3) is 0.333. The fourth-order valence-corrected chi connectivity index (χ4v) is 5.21. The first kappa shape index (κ1) is 22.2. The average molecular weight is 447 g/mol. The summed E-state index contributed by atoms with van der Waals surface area (Å²) in [6.07, 6.45) is 1.60. The molecule has 0 aliphatic heterocycles. The Hall–Kier alpha value is -2.49. The summed E-state index contributed by atoms with van der Waals surface area (Å²) in [4.78, 5) is 12.4. The molecule has 0 aliphatic rings. The highest BCUT2D eigenvalue weighted by Gasteiger charge is 2.24. The van der Waals surface area contributed by atoms with Gasteiger partial charge in [0.15, 0.2) is 0 Å². The lowest BCUT2D eigenvalue weighted by molar-refractivity contribution is -0.116. The Labute approximate surface area is 181 Å². The largest absolute Gasteiger partial charge is 0.310 e. The predicted molar refractivity (Wildman–Crippen MR) is 119 cm³/mol. The van der Waals surface area contributed by atoms with Crippen molar-refractivity contribution in [1.82, 2.24) is 14.1 Å². The zero-order chi connectivity index (χ0) is 21.9. The number of sulfonamides is 1. The lowest BCUT2D eigenvalue weighted by Gasteiger charge is -2.19. The van der Waals surface area contributed by atoms with E-state index >= 15 is 0 Å². The normalized spacial score (nSPS) is 12.3. The molecule has 0 saturated heterocycles. The van der Waals surface area contributed by atoms with Crippen LogP contribution in [0.15, 0.2) is 58.3 Å². The van der Waals surface area contributed by atoms with E-state index in [-0.39, 0.29) is 16.2 Å². The first-order valence-electron chi connectivity index (χ1n) is 9.48. The van der Waals surface area contributed by atoms with Crippen LogP contribution in [0.25, 0.3) is 0 Å². The first-order valence-corrected chi connectivity index (χ1v) is 11.8. The van der Waals surface area contributed by atoms with E-state index in [2.05, 4.69) is 55.5 Å². The molecular weight excluding hydrogens is 420 g/mol. The molecule has 2 aromatic heterocycles. The zero-order valence-electron chi connectivity index (χ0n) is 17.5. The number of hydrogen-bond donors (Lipinski definition) is 1. The third kappa shape index (κ3) is 5.16. The minimum absolute atomic E-state index is 0.0822. The topological polar surface area (TPSA) is 84.3 Å². The Morgan fingerprint density at radius 3 is 2.47 bits per heavy atom. The second kappa shape index (κ2) is 8.71. The lowest BCUT2D eigenvalue weighted by atomic mass is 9.87. The van der Waals surface area contributed by atoms with Crippen LogP contribution in [0, 0.1) is 0 Å². The number of aromatic nitrogens is 2. The van der Waals surface area contributed by atoms with E-state index in [1.54, 1.807) is 28.4 Å². The first-order chi connectivity index (χ1) is 14.1. The van der Waals surface area contributed by atoms with Crippen LogP contribution in [0.2, 0.25) is 0 Å². The number of rotatable bonds is 7. The van der Waals surface area contributed by atoms with Crippen molar-refractivity contribution in [2.24, 2.45) is 0 Å². The van der Waals surface area contributed by atoms with Crippen molar-refractivity contribution in [1.29, 1.82) is 0 Å². The SMILES string of the molecule is CN(CC(=O)Nc1ccnn1Cc1ccc(C(C)(C)C)cc1)S(=O)(=O)c1cccs1. The molecule has 0 radical (unpaired) electrons. The number of likely N-dealkylation sites (N-methyl/N-ethyl adjacent to an activating group) is 1. The minimum atomic E-state index is -3.68. The number of nitrogens with one attached hydrogen (secondary N) is 1. The van der Waals surface area contributed by atoms with Gasteiger partial charge in [0.2, 0.25) is 5.91 Å². The molecule has 0 spiro atoms. The van der Waals surface area contributed by atoms with Gasteiger partial charge in [-0.25, -0.2) is 13.1 Å². The Balaban J connectivity index is 1.65. The third-order valence-corrected chi connectivity index (χ3v) is 7.84. The quantitative estimate of drug-likeness (QED) is 0.602. The van der Waals surface area contributed by atoms with Gasteiger partial charge in [0.1, 0.15) is 10.0 Å². The Bertz CT molecular complexity index is 1100. The lowest BCUT2D eigenvalue weighted by Crippen LogP contribution is -2.35. The number of benzene rings is 1. The van der Waals surface area contributed by atoms with E-state index in [0.29, 0.717) is 12.4 Å². The van der Waals surface area contributed by atoms with Crippen LogP contribution in [0.1, 0.15) is 31.9 Å². The summed E-state index contributed by atoms with van der Waals surface area (Å²) in [5.41, 5.74) is 2.38. The molecule has 0 saturated carbocycles. The summed E-state index contributed by atoms with van der Waals surface area (Å²) < 4.78 is 27.9. The van der Waals surface area contributed by atoms with Crippen LogP contribution in [-0.4, -0.2) is 42.0 Å². The molecule has 0 unspecified atom stereocenters. The number of thiophene rings is 1. The van der Waals surface area contributed by atoms with Gasteiger partial charge in [0, 0.05) is 13.1 Å². The molecule has 30 heavy (non-hydrogen) atoms. The van der Waals surface area contributed by atoms with Gasteiger partial charge in [-0.15, -0.1) is 11.3 Å². The number of amides is 1. The van der Waals surface area contributed by atoms with Crippen LogP contribution in [-0.2, 0) is 26.8 Å². The molecule has 3 rings (SSSR count). The molecule has 0 aliphatic carbocycles. The molecule has 0 bridgehead atoms. The van der Waals surface area contributed by atoms with E-state index in [9.17, 15) is 13.2 Å². The molecule has 9 heteroatoms. The monoisotopic (exact) mass is 446 g/mol. The summed E-state index contributed by atoms with van der Waals surface area (Å²) >= 11 is 1.12. The molecule has 160 valence electrons. The fourth-order valence-electron chi connectivity index (χ4n) is 2.88. The van der Waals surface area contributed by atoms with Gasteiger partial charge in [0.05, 0.1) is 19.3 Å². The average Bonchev–Trinajstić information content (AvgIpc) is 3.34. The Morgan fingerprint density at radius 1 is 1.17 bits per heavy atom. The van der Waals surface area contributed by atoms with Gasteiger partial charge in [-0.05, 0) is 28.0 Å². The van der Waals surface area contributed by atoms with Crippen LogP contribution < -0.4 is 5.32 Å². The second-order valence-corrected chi connectivity index (χ2v) is 11.3. The molecule has 0 fully saturated rings. The van der Waals surface area contributed by atoms with E-state index < -0.39 is 15.9 Å². The molecule has 1 aromatic carbocycles. The van der Waals surface area contributed by atoms with Crippen molar-refractivity contribution < 1.29 is 13.2 Å². The smallest absolute Gasteiger partial charge is 0.252 e. The molecule has 1 amide bonds. The van der Waals surface area contributed by atoms with Crippen molar-refractivity contribution in [3.05, 3.63) is 65.2 Å². The van der Waals surface area contributed by atoms with E-state index in [4.69, 9.17) is 0 Å². The third-order valence-electron chi connectivity index (χ3n) is 4.66. The number of hydrogen-bond acceptors (Lipinski definition) is 5. The minimum Gasteiger partial charge on any atom is -0.310 e. The van der Waals surface area contributed by atoms with Gasteiger partial charge in [-0.1, -0.05) is 51.1 Å². The highest BCUT2D eigenvalue weighted by molar-refractivity contribution is 7.91. The summed E-state index contributed by atoms with van der Waals surface area (Å²) in [6, 6.07) is 13.2. The summed E-state index contributed by atoms with van der Waals surface area (Å²) in [5, 5.41) is 8.72. The maximum absolute atomic E-state index is 12.5. The Morgan fingerprint density at radius 2 is 1.87 bits per heavy atom. The highest BCUT2D eigenvalue weighted by atomic mass is 32.2. The molecule has 2 heterocycles. The van der Waals surface area contributed by atoms with Crippen molar-refractivity contribution in [3.8, 4) is 0 Å². The van der Waals surface area contributed by atoms with E-state index in [1.165, 1.54) is 18.7 Å². The summed E-state index contributed by atoms with van der Waals surface area (Å²) in [6.45, 7) is 6.71. The molecule has 0 atom stereocenters. The van der Waals surface area contributed by atoms with Gasteiger partial charge in [0.25, 0.3) is 10.0 Å². The van der Waals surface area contributed by atoms with Crippen LogP contribution in [0.4, 0.5) is 5.82 Å². The number of anilines is 1. The number of carbonyl (C=O) groups is 1. The van der Waals surface area contributed by atoms with Crippen molar-refractivity contribution >= 4 is 33.1 Å². The van der Waals surface area contributed by atoms with Crippen LogP contribution >= 0.6 is 11.3 Å². The van der Waals surface area contributed by atoms with Crippen LogP contribution in [0.3, 0.4) is 0 Å². The van der Waals surface area contributed by atoms with E-state index in [1.807, 2.05) is 0 Å². The van der Waals surface area contributed by atoms with Gasteiger partial charge in [-0.2, -0.15) is 9.40 Å². The molecule has 1 N–H and O–H groups in total. The van der Waals surface area contributed by atoms with Crippen molar-refractivity contribution in [2.45, 2.75) is 36.9 Å². The maximum atomic E-state index is 12.5. The molecule has 7 nitrogen and oxygen atoms in total. The number of carbonyl (C=O) groups excluding carboxylic acids is 1. The predicted octanol–water partition coefficient (Wildman–Crippen LogP) is 3.55. The van der Waals surface area contributed by atoms with Crippen molar-refractivity contribution in [3.63, 3.8) is 0 Å². The molecule has 3 aromatic rings. The van der Waals surface area contributed by atoms with Crippen molar-refractivity contribution in [2.75, 3.05) is 18.9 Å². The summed E-state index contributed by atoms with van der Waals surface area (Å²) in [7, 11) is -2.28. The standard InChI is InChI=1S/C21H26N4O3S2/c1-21(2,3)17-9-7-16(8-10-17)14-25-18(11-12-22-25)23-19(26)15-24(4)30(27,28)20-6-5-13-29-20/h5-13H,14-15H2,1-4H3,(H,23,26). The van der Waals surface area contributed by atoms with Crippen LogP contribution in [0.5, 0.6) is 0 Å². The van der Waals surface area contributed by atoms with Gasteiger partial charge in [-0.3, -0.25) is 4.79 Å².